The molecular weight excluding hydrogens is 406 g/mol. The number of amides is 2. The van der Waals surface area contributed by atoms with Crippen molar-refractivity contribution in [1.29, 1.82) is 0 Å². The Hall–Kier alpha value is -3.26. The Labute approximate surface area is 178 Å². The molecule has 1 N–H and O–H groups in total. The van der Waals surface area contributed by atoms with Crippen molar-refractivity contribution in [3.8, 4) is 11.5 Å². The van der Waals surface area contributed by atoms with Gasteiger partial charge < -0.3 is 14.7 Å². The maximum Gasteiger partial charge on any atom is 0.256 e. The summed E-state index contributed by atoms with van der Waals surface area (Å²) in [5, 5.41) is 7.15. The van der Waals surface area contributed by atoms with Gasteiger partial charge in [-0.2, -0.15) is 4.98 Å². The molecule has 0 aliphatic carbocycles. The monoisotopic (exact) mass is 425 g/mol. The van der Waals surface area contributed by atoms with Crippen molar-refractivity contribution in [3.05, 3.63) is 59.1 Å². The van der Waals surface area contributed by atoms with Crippen LogP contribution in [0.4, 0.5) is 5.69 Å². The van der Waals surface area contributed by atoms with Gasteiger partial charge in [0.2, 0.25) is 17.6 Å². The van der Waals surface area contributed by atoms with E-state index >= 15 is 0 Å². The lowest BCUT2D eigenvalue weighted by Crippen LogP contribution is -2.29. The number of nitrogens with one attached hydrogen (secondary N) is 1. The smallest absolute Gasteiger partial charge is 0.256 e. The molecule has 0 unspecified atom stereocenters. The molecule has 3 heterocycles. The molecule has 1 fully saturated rings. The van der Waals surface area contributed by atoms with Gasteiger partial charge in [-0.25, -0.2) is 0 Å². The van der Waals surface area contributed by atoms with Gasteiger partial charge in [-0.05, 0) is 43.2 Å². The fourth-order valence-corrected chi connectivity index (χ4v) is 3.45. The molecule has 3 aromatic rings. The zero-order chi connectivity index (χ0) is 20.9. The molecular formula is C21H20ClN5O3. The number of hydrogen-bond donors (Lipinski definition) is 1. The molecule has 4 rings (SSSR count). The van der Waals surface area contributed by atoms with Crippen LogP contribution in [-0.2, 0) is 11.2 Å². The number of aryl methyl sites for hydroxylation is 1. The molecule has 9 heteroatoms. The summed E-state index contributed by atoms with van der Waals surface area (Å²) in [5.41, 5.74) is 1.44. The first-order valence-corrected chi connectivity index (χ1v) is 10.1. The fraction of sp³-hybridized carbons (Fsp3) is 0.286. The molecule has 0 saturated carbocycles. The summed E-state index contributed by atoms with van der Waals surface area (Å²) in [5.74, 6) is 0.338. The third kappa shape index (κ3) is 4.65. The Bertz CT molecular complexity index is 1050. The minimum atomic E-state index is -0.259. The Balaban J connectivity index is 1.40. The molecule has 30 heavy (non-hydrogen) atoms. The van der Waals surface area contributed by atoms with Crippen LogP contribution in [0.3, 0.4) is 0 Å². The predicted molar refractivity (Wildman–Crippen MR) is 111 cm³/mol. The molecule has 0 atom stereocenters. The lowest BCUT2D eigenvalue weighted by molar-refractivity contribution is -0.116. The van der Waals surface area contributed by atoms with Crippen LogP contribution < -0.4 is 5.32 Å². The molecule has 1 aromatic carbocycles. The van der Waals surface area contributed by atoms with Gasteiger partial charge in [0, 0.05) is 37.2 Å². The van der Waals surface area contributed by atoms with E-state index in [0.29, 0.717) is 46.8 Å². The molecule has 0 bridgehead atoms. The van der Waals surface area contributed by atoms with E-state index in [-0.39, 0.29) is 24.7 Å². The van der Waals surface area contributed by atoms with E-state index in [4.69, 9.17) is 16.1 Å². The first-order chi connectivity index (χ1) is 14.6. The molecule has 154 valence electrons. The van der Waals surface area contributed by atoms with E-state index in [1.165, 1.54) is 0 Å². The third-order valence-corrected chi connectivity index (χ3v) is 5.04. The van der Waals surface area contributed by atoms with Crippen LogP contribution in [0, 0.1) is 0 Å². The van der Waals surface area contributed by atoms with Crippen molar-refractivity contribution >= 4 is 29.1 Å². The van der Waals surface area contributed by atoms with Crippen molar-refractivity contribution in [2.45, 2.75) is 25.7 Å². The summed E-state index contributed by atoms with van der Waals surface area (Å²) in [6.07, 6.45) is 4.02. The normalized spacial score (nSPS) is 13.4. The number of nitrogens with zero attached hydrogens (tertiary/aromatic N) is 4. The van der Waals surface area contributed by atoms with Gasteiger partial charge in [0.15, 0.2) is 0 Å². The van der Waals surface area contributed by atoms with E-state index in [1.54, 1.807) is 41.4 Å². The average Bonchev–Trinajstić information content (AvgIpc) is 3.46. The van der Waals surface area contributed by atoms with E-state index in [1.807, 2.05) is 6.07 Å². The average molecular weight is 426 g/mol. The topological polar surface area (TPSA) is 101 Å². The summed E-state index contributed by atoms with van der Waals surface area (Å²) >= 11 is 6.08. The minimum Gasteiger partial charge on any atom is -0.339 e. The van der Waals surface area contributed by atoms with Crippen molar-refractivity contribution < 1.29 is 14.1 Å². The van der Waals surface area contributed by atoms with Crippen LogP contribution in [0.1, 0.15) is 35.5 Å². The number of halogens is 1. The zero-order valence-electron chi connectivity index (χ0n) is 16.2. The Kier molecular flexibility index (Phi) is 6.04. The molecule has 1 aliphatic rings. The van der Waals surface area contributed by atoms with Gasteiger partial charge in [-0.3, -0.25) is 14.6 Å². The molecule has 8 nitrogen and oxygen atoms in total. The highest BCUT2D eigenvalue weighted by atomic mass is 35.5. The standard InChI is InChI=1S/C21H20ClN5O3/c22-14-6-7-16(15(13-14)21(29)27-11-3-4-12-27)24-18(28)8-9-19-25-20(26-30-19)17-5-1-2-10-23-17/h1-2,5-7,10,13H,3-4,8-9,11-12H2,(H,24,28). The first-order valence-electron chi connectivity index (χ1n) is 9.73. The minimum absolute atomic E-state index is 0.123. The lowest BCUT2D eigenvalue weighted by atomic mass is 10.1. The number of rotatable bonds is 6. The number of carbonyl (C=O) groups is 2. The quantitative estimate of drug-likeness (QED) is 0.647. The third-order valence-electron chi connectivity index (χ3n) is 4.81. The van der Waals surface area contributed by atoms with Crippen LogP contribution >= 0.6 is 11.6 Å². The summed E-state index contributed by atoms with van der Waals surface area (Å²) < 4.78 is 5.21. The molecule has 1 saturated heterocycles. The highest BCUT2D eigenvalue weighted by molar-refractivity contribution is 6.31. The number of pyridine rings is 1. The summed E-state index contributed by atoms with van der Waals surface area (Å²) in [4.78, 5) is 35.5. The van der Waals surface area contributed by atoms with Crippen molar-refractivity contribution in [2.75, 3.05) is 18.4 Å². The maximum atomic E-state index is 12.8. The van der Waals surface area contributed by atoms with Gasteiger partial charge in [-0.1, -0.05) is 22.8 Å². The number of likely N-dealkylation sites (tertiary alicyclic amines) is 1. The van der Waals surface area contributed by atoms with Crippen LogP contribution in [-0.4, -0.2) is 44.9 Å². The first kappa shape index (κ1) is 20.0. The van der Waals surface area contributed by atoms with E-state index in [9.17, 15) is 9.59 Å². The SMILES string of the molecule is O=C(CCc1nc(-c2ccccn2)no1)Nc1ccc(Cl)cc1C(=O)N1CCCC1. The number of anilines is 1. The van der Waals surface area contributed by atoms with Crippen LogP contribution in [0.5, 0.6) is 0 Å². The molecule has 2 amide bonds. The van der Waals surface area contributed by atoms with Gasteiger partial charge >= 0.3 is 0 Å². The van der Waals surface area contributed by atoms with E-state index in [2.05, 4.69) is 20.4 Å². The lowest BCUT2D eigenvalue weighted by Gasteiger charge is -2.18. The number of hydrogen-bond acceptors (Lipinski definition) is 6. The van der Waals surface area contributed by atoms with Crippen molar-refractivity contribution in [3.63, 3.8) is 0 Å². The largest absolute Gasteiger partial charge is 0.339 e. The second-order valence-electron chi connectivity index (χ2n) is 6.96. The summed E-state index contributed by atoms with van der Waals surface area (Å²) in [6, 6.07) is 10.3. The highest BCUT2D eigenvalue weighted by Gasteiger charge is 2.23. The molecule has 0 radical (unpaired) electrons. The fourth-order valence-electron chi connectivity index (χ4n) is 3.28. The maximum absolute atomic E-state index is 12.8. The van der Waals surface area contributed by atoms with Gasteiger partial charge in [0.25, 0.3) is 5.91 Å². The number of carbonyl (C=O) groups excluding carboxylic acids is 2. The number of aromatic nitrogens is 3. The van der Waals surface area contributed by atoms with Crippen LogP contribution in [0.2, 0.25) is 5.02 Å². The molecule has 0 spiro atoms. The summed E-state index contributed by atoms with van der Waals surface area (Å²) in [6.45, 7) is 1.43. The summed E-state index contributed by atoms with van der Waals surface area (Å²) in [7, 11) is 0. The van der Waals surface area contributed by atoms with Crippen molar-refractivity contribution in [1.82, 2.24) is 20.0 Å². The second-order valence-corrected chi connectivity index (χ2v) is 7.40. The molecule has 1 aliphatic heterocycles. The van der Waals surface area contributed by atoms with E-state index < -0.39 is 0 Å². The Morgan fingerprint density at radius 1 is 1.17 bits per heavy atom. The Morgan fingerprint density at radius 2 is 2.00 bits per heavy atom. The Morgan fingerprint density at radius 3 is 2.77 bits per heavy atom. The van der Waals surface area contributed by atoms with Gasteiger partial charge in [0.05, 0.1) is 11.3 Å². The van der Waals surface area contributed by atoms with Crippen LogP contribution in [0.15, 0.2) is 47.1 Å². The van der Waals surface area contributed by atoms with Gasteiger partial charge in [-0.15, -0.1) is 0 Å². The second kappa shape index (κ2) is 9.04. The molecule has 2 aromatic heterocycles. The van der Waals surface area contributed by atoms with Crippen molar-refractivity contribution in [2.24, 2.45) is 0 Å². The van der Waals surface area contributed by atoms with E-state index in [0.717, 1.165) is 12.8 Å². The highest BCUT2D eigenvalue weighted by Crippen LogP contribution is 2.24. The van der Waals surface area contributed by atoms with Gasteiger partial charge in [0.1, 0.15) is 5.69 Å². The van der Waals surface area contributed by atoms with Crippen LogP contribution in [0.25, 0.3) is 11.5 Å². The number of benzene rings is 1. The zero-order valence-corrected chi connectivity index (χ0v) is 16.9. The predicted octanol–water partition coefficient (Wildman–Crippen LogP) is 3.59.